The van der Waals surface area contributed by atoms with E-state index < -0.39 is 293 Å². The molecule has 0 aromatic rings. The Bertz CT molecular complexity index is 2370. The van der Waals surface area contributed by atoms with E-state index in [2.05, 4.69) is 0 Å². The van der Waals surface area contributed by atoms with Gasteiger partial charge in [-0.2, -0.15) is 0 Å². The summed E-state index contributed by atoms with van der Waals surface area (Å²) in [7, 11) is 0. The van der Waals surface area contributed by atoms with Gasteiger partial charge in [0.25, 0.3) is 0 Å². The van der Waals surface area contributed by atoms with Crippen molar-refractivity contribution in [3.05, 3.63) is 0 Å². The number of rotatable bonds is 62. The monoisotopic (exact) mass is 1470 g/mol. The average molecular weight is 1470 g/mol. The Kier molecular flexibility index (Phi) is 43.2. The summed E-state index contributed by atoms with van der Waals surface area (Å²) in [5, 5.41) is 274. The van der Waals surface area contributed by atoms with Gasteiger partial charge in [0.15, 0.2) is 57.1 Å². The van der Waals surface area contributed by atoms with Gasteiger partial charge in [-0.3, -0.25) is 57.5 Å². The van der Waals surface area contributed by atoms with Gasteiger partial charge in [0.05, 0.1) is 79.3 Å². The van der Waals surface area contributed by atoms with Crippen molar-refractivity contribution in [2.75, 3.05) is 79.3 Å². The van der Waals surface area contributed by atoms with Crippen LogP contribution in [0.5, 0.6) is 0 Å². The van der Waals surface area contributed by atoms with Gasteiger partial charge in [-0.25, -0.2) is 0 Å². The lowest BCUT2D eigenvalue weighted by Crippen LogP contribution is -2.88. The number of carbonyl (C=O) groups excluding carboxylic acids is 12. The zero-order chi connectivity index (χ0) is 78.2. The number of aliphatic hydroxyl groups excluding tert-OH is 24. The third-order valence-electron chi connectivity index (χ3n) is 18.2. The van der Waals surface area contributed by atoms with Gasteiger partial charge in [0.2, 0.25) is 34.3 Å². The van der Waals surface area contributed by atoms with Crippen LogP contribution < -0.4 is 0 Å². The van der Waals surface area contributed by atoms with Gasteiger partial charge in [-0.05, 0) is 12.8 Å². The topological polar surface area (TPSA) is 700 Å². The van der Waals surface area contributed by atoms with Crippen molar-refractivity contribution < 1.29 is 185 Å². The van der Waals surface area contributed by atoms with Crippen LogP contribution in [0.15, 0.2) is 0 Å². The molecule has 0 aliphatic heterocycles. The summed E-state index contributed by atoms with van der Waals surface area (Å²) in [6.45, 7) is -25.5. The Morgan fingerprint density at radius 1 is 0.218 bits per heavy atom. The van der Waals surface area contributed by atoms with Gasteiger partial charge in [0.1, 0.15) is 84.1 Å². The van der Waals surface area contributed by atoms with Gasteiger partial charge >= 0.3 is 0 Å². The minimum atomic E-state index is -6.62. The fraction of sp³-hybridized carbons (Fsp3) is 0.812. The first kappa shape index (κ1) is 96.0. The lowest BCUT2D eigenvalue weighted by molar-refractivity contribution is -0.259. The molecular formula is C64H106O37. The van der Waals surface area contributed by atoms with E-state index in [1.54, 1.807) is 0 Å². The second kappa shape index (κ2) is 45.4. The largest absolute Gasteiger partial charge is 0.393 e. The minimum absolute atomic E-state index is 0.104. The third kappa shape index (κ3) is 19.6. The molecule has 37 nitrogen and oxygen atoms in total. The molecule has 0 aliphatic carbocycles. The van der Waals surface area contributed by atoms with Gasteiger partial charge in [0, 0.05) is 0 Å². The molecule has 12 unspecified atom stereocenters. The van der Waals surface area contributed by atoms with Crippen LogP contribution in [-0.2, 0) is 62.3 Å². The quantitative estimate of drug-likeness (QED) is 0.0199. The van der Waals surface area contributed by atoms with Crippen LogP contribution in [0.3, 0.4) is 0 Å². The Labute approximate surface area is 580 Å². The summed E-state index contributed by atoms with van der Waals surface area (Å²) in [6.07, 6.45) is -50.2. The van der Waals surface area contributed by atoms with E-state index in [0.29, 0.717) is 51.4 Å². The summed E-state index contributed by atoms with van der Waals surface area (Å²) in [5.74, 6) is -40.1. The molecule has 0 heterocycles. The number of unbranched alkanes of at least 4 members (excludes halogenated alkanes) is 16. The van der Waals surface area contributed by atoms with E-state index in [9.17, 15) is 123 Å². The highest BCUT2D eigenvalue weighted by Crippen LogP contribution is 2.64. The maximum atomic E-state index is 16.8. The van der Waals surface area contributed by atoms with Crippen LogP contribution in [0, 0.1) is 21.7 Å². The predicted molar refractivity (Wildman–Crippen MR) is 337 cm³/mol. The first-order valence-corrected chi connectivity index (χ1v) is 33.2. The molecule has 0 bridgehead atoms. The van der Waals surface area contributed by atoms with E-state index in [0.717, 1.165) is 12.8 Å². The van der Waals surface area contributed by atoms with Crippen molar-refractivity contribution in [1.82, 2.24) is 0 Å². The summed E-state index contributed by atoms with van der Waals surface area (Å²) in [4.78, 5) is 199. The van der Waals surface area contributed by atoms with E-state index in [1.165, 1.54) is 0 Å². The van der Waals surface area contributed by atoms with Gasteiger partial charge in [-0.1, -0.05) is 129 Å². The molecule has 0 rings (SSSR count). The molecule has 0 amide bonds. The Balaban J connectivity index is 13.1. The molecule has 0 aromatic heterocycles. The second-order valence-corrected chi connectivity index (χ2v) is 24.7. The molecule has 0 aliphatic rings. The maximum Gasteiger partial charge on any atom is 0.212 e. The molecule has 0 radical (unpaired) electrons. The third-order valence-corrected chi connectivity index (χ3v) is 18.2. The Morgan fingerprint density at radius 2 is 0.356 bits per heavy atom. The lowest BCUT2D eigenvalue weighted by atomic mass is 9.41. The van der Waals surface area contributed by atoms with Crippen molar-refractivity contribution >= 4 is 69.4 Å². The molecule has 0 fully saturated rings. The summed E-state index contributed by atoms with van der Waals surface area (Å²) >= 11 is 0. The molecule has 12 atom stereocenters. The van der Waals surface area contributed by atoms with Crippen LogP contribution in [0.4, 0.5) is 0 Å². The molecule has 0 spiro atoms. The normalized spacial score (nSPS) is 19.2. The summed E-state index contributed by atoms with van der Waals surface area (Å²) in [5.41, 5.74) is -36.4. The molecule has 0 saturated heterocycles. The SMILES string of the molecule is CCCCCCCCCCCC(C(=O)C(O)CO)(C(=O)C(O)CO)C(C(=O)C(O)CO)(C(=O)C(O)CO)C(OC(C(=O)C(O)CO)(C(=O)C(O)CO)C(C(=O)C(O)CO)(C(=O)C(O)CO)C(CCCCCCCCCCC)(C(=O)C(O)CO)C(=O)C(O)CO)(C(=O)C(O)CO)C(=O)C(O)CO. The molecule has 37 heteroatoms. The number of aliphatic hydroxyl groups is 24. The Morgan fingerprint density at radius 3 is 0.515 bits per heavy atom. The summed E-state index contributed by atoms with van der Waals surface area (Å²) < 4.78 is 6.09. The fourth-order valence-electron chi connectivity index (χ4n) is 13.3. The lowest BCUT2D eigenvalue weighted by Gasteiger charge is -2.62. The predicted octanol–water partition coefficient (Wildman–Crippen LogP) is -10.7. The van der Waals surface area contributed by atoms with Crippen LogP contribution in [-0.4, -0.2) is 356 Å². The highest BCUT2D eigenvalue weighted by atomic mass is 16.6. The van der Waals surface area contributed by atoms with Gasteiger partial charge < -0.3 is 127 Å². The van der Waals surface area contributed by atoms with Crippen LogP contribution in [0.1, 0.15) is 142 Å². The van der Waals surface area contributed by atoms with E-state index in [4.69, 9.17) is 4.74 Å². The number of ketones is 12. The van der Waals surface area contributed by atoms with E-state index >= 15 is 57.5 Å². The van der Waals surface area contributed by atoms with Crippen molar-refractivity contribution in [3.8, 4) is 0 Å². The van der Waals surface area contributed by atoms with Crippen LogP contribution in [0.25, 0.3) is 0 Å². The molecule has 0 aromatic carbocycles. The van der Waals surface area contributed by atoms with Crippen molar-refractivity contribution in [2.24, 2.45) is 21.7 Å². The highest BCUT2D eigenvalue weighted by molar-refractivity contribution is 6.35. The molecule has 24 N–H and O–H groups in total. The zero-order valence-electron chi connectivity index (χ0n) is 56.6. The summed E-state index contributed by atoms with van der Waals surface area (Å²) in [6, 6.07) is 0. The molecule has 584 valence electrons. The number of hydrogen-bond acceptors (Lipinski definition) is 37. The molecular weight excluding hydrogens is 1360 g/mol. The average Bonchev–Trinajstić information content (AvgIpc) is 0.654. The second-order valence-electron chi connectivity index (χ2n) is 24.7. The number of carbonyl (C=O) groups is 12. The van der Waals surface area contributed by atoms with E-state index in [1.807, 2.05) is 13.8 Å². The van der Waals surface area contributed by atoms with Crippen molar-refractivity contribution in [3.63, 3.8) is 0 Å². The van der Waals surface area contributed by atoms with Gasteiger partial charge in [-0.15, -0.1) is 0 Å². The van der Waals surface area contributed by atoms with Crippen LogP contribution in [0.2, 0.25) is 0 Å². The minimum Gasteiger partial charge on any atom is -0.393 e. The highest BCUT2D eigenvalue weighted by Gasteiger charge is 2.90. The maximum absolute atomic E-state index is 16.8. The smallest absolute Gasteiger partial charge is 0.212 e. The molecule has 0 saturated carbocycles. The van der Waals surface area contributed by atoms with Crippen molar-refractivity contribution in [1.29, 1.82) is 0 Å². The van der Waals surface area contributed by atoms with Crippen LogP contribution >= 0.6 is 0 Å². The fourth-order valence-corrected chi connectivity index (χ4v) is 13.3. The number of Topliss-reactive ketones (excluding diaryl/α,β-unsaturated/α-hetero) is 12. The first-order valence-electron chi connectivity index (χ1n) is 33.2. The molecule has 101 heavy (non-hydrogen) atoms. The van der Waals surface area contributed by atoms with Crippen molar-refractivity contribution in [2.45, 2.75) is 227 Å². The number of hydrogen-bond donors (Lipinski definition) is 24. The zero-order valence-corrected chi connectivity index (χ0v) is 56.6. The standard InChI is InChI=1S/C64H106O37/c1-3-5-7-9-11-13-15-17-19-21-59(47(89)35(77)23-65,48(90)36(78)24-66)61(51(93)39(81)27-69,52(94)40(82)28-70)63(55(97)43(85)31-73,56(98)44(86)32-74)101-64(57(99)45(87)33-75,58(100)46(88)34-76)62(53(95)41(83)29-71,54(96)42(84)30-72)60(49(91)37(79)25-67,50(92)38(80)26-68)22-20-18-16-14-12-10-8-6-4-2/h35-46,65-88H,3-34H2,1-2H3. The van der Waals surface area contributed by atoms with E-state index in [-0.39, 0.29) is 25.7 Å². The Hall–Kier alpha value is -4.96. The first-order chi connectivity index (χ1) is 47.5. The number of ether oxygens (including phenoxy) is 1.